The molecule has 0 aromatic carbocycles. The maximum atomic E-state index is 10.6. The molecule has 0 fully saturated rings. The van der Waals surface area contributed by atoms with Crippen molar-refractivity contribution in [1.82, 2.24) is 5.32 Å². The SMILES string of the molecule is CC(=O)NC(C(=O)O)C(O)C(C)C. The highest BCUT2D eigenvalue weighted by atomic mass is 16.4. The number of hydrogen-bond acceptors (Lipinski definition) is 3. The number of carbonyl (C=O) groups is 2. The monoisotopic (exact) mass is 189 g/mol. The maximum absolute atomic E-state index is 10.6. The Labute approximate surface area is 76.8 Å². The zero-order valence-corrected chi connectivity index (χ0v) is 7.94. The smallest absolute Gasteiger partial charge is 0.328 e. The van der Waals surface area contributed by atoms with Gasteiger partial charge in [-0.25, -0.2) is 4.79 Å². The molecule has 0 aromatic heterocycles. The van der Waals surface area contributed by atoms with Gasteiger partial charge >= 0.3 is 5.97 Å². The fourth-order valence-electron chi connectivity index (χ4n) is 0.897. The van der Waals surface area contributed by atoms with Crippen molar-refractivity contribution < 1.29 is 19.8 Å². The van der Waals surface area contributed by atoms with Gasteiger partial charge in [-0.2, -0.15) is 0 Å². The molecule has 76 valence electrons. The third kappa shape index (κ3) is 3.89. The van der Waals surface area contributed by atoms with Gasteiger partial charge in [0, 0.05) is 6.92 Å². The molecule has 2 atom stereocenters. The van der Waals surface area contributed by atoms with Gasteiger partial charge in [0.2, 0.25) is 5.91 Å². The first-order valence-electron chi connectivity index (χ1n) is 4.04. The van der Waals surface area contributed by atoms with Crippen molar-refractivity contribution in [2.24, 2.45) is 5.92 Å². The van der Waals surface area contributed by atoms with Crippen molar-refractivity contribution in [3.05, 3.63) is 0 Å². The second-order valence-corrected chi connectivity index (χ2v) is 3.25. The minimum Gasteiger partial charge on any atom is -0.480 e. The summed E-state index contributed by atoms with van der Waals surface area (Å²) in [6.45, 7) is 4.58. The molecule has 0 bridgehead atoms. The van der Waals surface area contributed by atoms with Gasteiger partial charge in [-0.05, 0) is 5.92 Å². The van der Waals surface area contributed by atoms with E-state index in [2.05, 4.69) is 5.32 Å². The van der Waals surface area contributed by atoms with Gasteiger partial charge < -0.3 is 15.5 Å². The molecule has 0 heterocycles. The van der Waals surface area contributed by atoms with E-state index in [-0.39, 0.29) is 5.92 Å². The molecule has 1 amide bonds. The molecule has 0 saturated carbocycles. The molecule has 0 radical (unpaired) electrons. The lowest BCUT2D eigenvalue weighted by molar-refractivity contribution is -0.145. The molecule has 13 heavy (non-hydrogen) atoms. The van der Waals surface area contributed by atoms with E-state index >= 15 is 0 Å². The number of nitrogens with one attached hydrogen (secondary N) is 1. The Kier molecular flexibility index (Phi) is 4.40. The molecule has 0 aromatic rings. The highest BCUT2D eigenvalue weighted by Gasteiger charge is 2.29. The van der Waals surface area contributed by atoms with Crippen LogP contribution < -0.4 is 5.32 Å². The Bertz CT molecular complexity index is 202. The van der Waals surface area contributed by atoms with Crippen LogP contribution >= 0.6 is 0 Å². The van der Waals surface area contributed by atoms with Crippen LogP contribution in [0.1, 0.15) is 20.8 Å². The number of hydrogen-bond donors (Lipinski definition) is 3. The summed E-state index contributed by atoms with van der Waals surface area (Å²) in [5, 5.41) is 20.2. The van der Waals surface area contributed by atoms with Gasteiger partial charge in [0.25, 0.3) is 0 Å². The van der Waals surface area contributed by atoms with Gasteiger partial charge in [0.1, 0.15) is 0 Å². The standard InChI is InChI=1S/C8H15NO4/c1-4(2)7(11)6(8(12)13)9-5(3)10/h4,6-7,11H,1-3H3,(H,9,10)(H,12,13). The van der Waals surface area contributed by atoms with Gasteiger partial charge in [-0.15, -0.1) is 0 Å². The summed E-state index contributed by atoms with van der Waals surface area (Å²) < 4.78 is 0. The second kappa shape index (κ2) is 4.81. The molecule has 0 saturated heterocycles. The summed E-state index contributed by atoms with van der Waals surface area (Å²) in [6.07, 6.45) is -1.07. The summed E-state index contributed by atoms with van der Waals surface area (Å²) in [5.41, 5.74) is 0. The van der Waals surface area contributed by atoms with E-state index in [0.717, 1.165) is 0 Å². The van der Waals surface area contributed by atoms with E-state index in [1.165, 1.54) is 6.92 Å². The predicted molar refractivity (Wildman–Crippen MR) is 46.1 cm³/mol. The molecule has 5 heteroatoms. The van der Waals surface area contributed by atoms with Crippen molar-refractivity contribution >= 4 is 11.9 Å². The number of carboxylic acid groups (broad SMARTS) is 1. The Morgan fingerprint density at radius 1 is 1.31 bits per heavy atom. The van der Waals surface area contributed by atoms with Gasteiger partial charge in [-0.1, -0.05) is 13.8 Å². The number of carboxylic acids is 1. The fourth-order valence-corrected chi connectivity index (χ4v) is 0.897. The first-order valence-corrected chi connectivity index (χ1v) is 4.04. The summed E-state index contributed by atoms with van der Waals surface area (Å²) in [4.78, 5) is 21.2. The third-order valence-electron chi connectivity index (χ3n) is 1.65. The summed E-state index contributed by atoms with van der Waals surface area (Å²) in [6, 6.07) is -1.22. The number of carbonyl (C=O) groups excluding carboxylic acids is 1. The van der Waals surface area contributed by atoms with Crippen LogP contribution in [-0.4, -0.2) is 34.2 Å². The van der Waals surface area contributed by atoms with E-state index in [1.54, 1.807) is 13.8 Å². The molecule has 5 nitrogen and oxygen atoms in total. The first kappa shape index (κ1) is 11.9. The molecular formula is C8H15NO4. The van der Waals surface area contributed by atoms with Gasteiger partial charge in [0.05, 0.1) is 6.10 Å². The number of aliphatic hydroxyl groups excluding tert-OH is 1. The number of rotatable bonds is 4. The highest BCUT2D eigenvalue weighted by molar-refractivity contribution is 5.82. The Morgan fingerprint density at radius 2 is 1.77 bits per heavy atom. The van der Waals surface area contributed by atoms with Crippen molar-refractivity contribution in [2.45, 2.75) is 32.9 Å². The Morgan fingerprint density at radius 3 is 2.00 bits per heavy atom. The van der Waals surface area contributed by atoms with Crippen LogP contribution in [0.4, 0.5) is 0 Å². The van der Waals surface area contributed by atoms with Gasteiger partial charge in [0.15, 0.2) is 6.04 Å². The average molecular weight is 189 g/mol. The molecular weight excluding hydrogens is 174 g/mol. The number of amides is 1. The van der Waals surface area contributed by atoms with E-state index in [9.17, 15) is 14.7 Å². The van der Waals surface area contributed by atoms with Gasteiger partial charge in [-0.3, -0.25) is 4.79 Å². The van der Waals surface area contributed by atoms with Crippen LogP contribution in [0.3, 0.4) is 0 Å². The van der Waals surface area contributed by atoms with Crippen molar-refractivity contribution in [3.63, 3.8) is 0 Å². The van der Waals surface area contributed by atoms with Crippen LogP contribution in [0, 0.1) is 5.92 Å². The van der Waals surface area contributed by atoms with Crippen LogP contribution in [0.5, 0.6) is 0 Å². The summed E-state index contributed by atoms with van der Waals surface area (Å²) in [7, 11) is 0. The largest absolute Gasteiger partial charge is 0.480 e. The maximum Gasteiger partial charge on any atom is 0.328 e. The van der Waals surface area contributed by atoms with E-state index in [4.69, 9.17) is 5.11 Å². The number of aliphatic hydroxyl groups is 1. The molecule has 0 rings (SSSR count). The van der Waals surface area contributed by atoms with Crippen LogP contribution in [0.15, 0.2) is 0 Å². The minimum absolute atomic E-state index is 0.215. The van der Waals surface area contributed by atoms with E-state index < -0.39 is 24.0 Å². The Hall–Kier alpha value is -1.10. The molecule has 3 N–H and O–H groups in total. The Balaban J connectivity index is 4.41. The lowest BCUT2D eigenvalue weighted by Gasteiger charge is -2.22. The molecule has 0 aliphatic carbocycles. The molecule has 0 spiro atoms. The number of aliphatic carboxylic acids is 1. The van der Waals surface area contributed by atoms with Crippen LogP contribution in [-0.2, 0) is 9.59 Å². The second-order valence-electron chi connectivity index (χ2n) is 3.25. The third-order valence-corrected chi connectivity index (χ3v) is 1.65. The van der Waals surface area contributed by atoms with Crippen molar-refractivity contribution in [3.8, 4) is 0 Å². The lowest BCUT2D eigenvalue weighted by atomic mass is 10.00. The van der Waals surface area contributed by atoms with Crippen LogP contribution in [0.25, 0.3) is 0 Å². The quantitative estimate of drug-likeness (QED) is 0.561. The van der Waals surface area contributed by atoms with Crippen LogP contribution in [0.2, 0.25) is 0 Å². The van der Waals surface area contributed by atoms with E-state index in [0.29, 0.717) is 0 Å². The summed E-state index contributed by atoms with van der Waals surface area (Å²) >= 11 is 0. The van der Waals surface area contributed by atoms with E-state index in [1.807, 2.05) is 0 Å². The summed E-state index contributed by atoms with van der Waals surface area (Å²) in [5.74, 6) is -1.91. The predicted octanol–water partition coefficient (Wildman–Crippen LogP) is -0.407. The fraction of sp³-hybridized carbons (Fsp3) is 0.750. The zero-order valence-electron chi connectivity index (χ0n) is 7.94. The molecule has 0 aliphatic heterocycles. The average Bonchev–Trinajstić information content (AvgIpc) is 1.97. The molecule has 2 unspecified atom stereocenters. The van der Waals surface area contributed by atoms with Crippen molar-refractivity contribution in [1.29, 1.82) is 0 Å². The molecule has 0 aliphatic rings. The zero-order chi connectivity index (χ0) is 10.6. The highest BCUT2D eigenvalue weighted by Crippen LogP contribution is 2.06. The topological polar surface area (TPSA) is 86.6 Å². The van der Waals surface area contributed by atoms with Crippen molar-refractivity contribution in [2.75, 3.05) is 0 Å². The minimum atomic E-state index is -1.23. The lowest BCUT2D eigenvalue weighted by Crippen LogP contribution is -2.49. The normalized spacial score (nSPS) is 15.2. The first-order chi connectivity index (χ1) is 5.86.